The lowest BCUT2D eigenvalue weighted by Crippen LogP contribution is -2.44. The van der Waals surface area contributed by atoms with Crippen molar-refractivity contribution in [1.29, 1.82) is 0 Å². The number of nitrogens with one attached hydrogen (secondary N) is 1. The lowest BCUT2D eigenvalue weighted by Gasteiger charge is -2.30. The molecule has 0 aliphatic heterocycles. The van der Waals surface area contributed by atoms with Crippen LogP contribution < -0.4 is 5.32 Å². The summed E-state index contributed by atoms with van der Waals surface area (Å²) in [6.07, 6.45) is 10.2. The first kappa shape index (κ1) is 14.3. The van der Waals surface area contributed by atoms with Crippen LogP contribution >= 0.6 is 12.2 Å². The molecule has 1 fully saturated rings. The van der Waals surface area contributed by atoms with Gasteiger partial charge in [0.05, 0.1) is 0 Å². The molecule has 0 amide bonds. The zero-order valence-electron chi connectivity index (χ0n) is 11.6. The molecule has 2 rings (SSSR count). The van der Waals surface area contributed by atoms with Crippen LogP contribution in [0.5, 0.6) is 0 Å². The third-order valence-electron chi connectivity index (χ3n) is 3.72. The fourth-order valence-electron chi connectivity index (χ4n) is 2.55. The van der Waals surface area contributed by atoms with E-state index in [2.05, 4.69) is 22.1 Å². The smallest absolute Gasteiger partial charge is 0.169 e. The van der Waals surface area contributed by atoms with Crippen LogP contribution in [0.3, 0.4) is 0 Å². The Balaban J connectivity index is 1.87. The van der Waals surface area contributed by atoms with Crippen molar-refractivity contribution in [1.82, 2.24) is 15.2 Å². The molecular formula is C15H23N3S. The summed E-state index contributed by atoms with van der Waals surface area (Å²) < 4.78 is 0. The molecule has 4 heteroatoms. The van der Waals surface area contributed by atoms with Gasteiger partial charge >= 0.3 is 0 Å². The Morgan fingerprint density at radius 2 is 2.00 bits per heavy atom. The van der Waals surface area contributed by atoms with Crippen molar-refractivity contribution in [2.45, 2.75) is 51.6 Å². The lowest BCUT2D eigenvalue weighted by molar-refractivity contribution is 0.376. The zero-order valence-corrected chi connectivity index (χ0v) is 12.5. The van der Waals surface area contributed by atoms with Crippen molar-refractivity contribution in [3.8, 4) is 0 Å². The van der Waals surface area contributed by atoms with Crippen LogP contribution in [0.4, 0.5) is 0 Å². The summed E-state index contributed by atoms with van der Waals surface area (Å²) >= 11 is 5.55. The number of hydrogen-bond donors (Lipinski definition) is 1. The highest BCUT2D eigenvalue weighted by Gasteiger charge is 2.16. The van der Waals surface area contributed by atoms with E-state index in [1.54, 1.807) is 0 Å². The van der Waals surface area contributed by atoms with Gasteiger partial charge in [-0.3, -0.25) is 4.98 Å². The van der Waals surface area contributed by atoms with E-state index in [1.165, 1.54) is 37.7 Å². The van der Waals surface area contributed by atoms with Crippen LogP contribution in [0.15, 0.2) is 24.5 Å². The number of pyridine rings is 1. The Labute approximate surface area is 121 Å². The van der Waals surface area contributed by atoms with E-state index < -0.39 is 0 Å². The van der Waals surface area contributed by atoms with Gasteiger partial charge in [0.1, 0.15) is 0 Å². The minimum atomic E-state index is 0.577. The highest BCUT2D eigenvalue weighted by Crippen LogP contribution is 2.17. The molecule has 0 aromatic carbocycles. The number of nitrogens with zero attached hydrogens (tertiary/aromatic N) is 2. The van der Waals surface area contributed by atoms with E-state index in [-0.39, 0.29) is 0 Å². The number of aromatic nitrogens is 1. The van der Waals surface area contributed by atoms with Gasteiger partial charge in [-0.05, 0) is 49.7 Å². The monoisotopic (exact) mass is 277 g/mol. The first-order valence-corrected chi connectivity index (χ1v) is 7.64. The third kappa shape index (κ3) is 4.46. The summed E-state index contributed by atoms with van der Waals surface area (Å²) in [5.41, 5.74) is 1.25. The van der Waals surface area contributed by atoms with Crippen molar-refractivity contribution < 1.29 is 0 Å². The average molecular weight is 277 g/mol. The SMILES string of the molecule is CCN(Cc1ccncc1)C(=S)NC1CCCCC1. The van der Waals surface area contributed by atoms with E-state index in [9.17, 15) is 0 Å². The summed E-state index contributed by atoms with van der Waals surface area (Å²) in [4.78, 5) is 6.27. The molecule has 1 aliphatic rings. The topological polar surface area (TPSA) is 28.2 Å². The minimum absolute atomic E-state index is 0.577. The second-order valence-electron chi connectivity index (χ2n) is 5.15. The molecule has 1 aliphatic carbocycles. The molecule has 19 heavy (non-hydrogen) atoms. The minimum Gasteiger partial charge on any atom is -0.360 e. The molecule has 0 unspecified atom stereocenters. The Kier molecular flexibility index (Phi) is 5.58. The quantitative estimate of drug-likeness (QED) is 0.856. The van der Waals surface area contributed by atoms with Crippen molar-refractivity contribution in [2.75, 3.05) is 6.54 Å². The van der Waals surface area contributed by atoms with E-state index >= 15 is 0 Å². The fraction of sp³-hybridized carbons (Fsp3) is 0.600. The van der Waals surface area contributed by atoms with Crippen LogP contribution in [-0.2, 0) is 6.54 Å². The van der Waals surface area contributed by atoms with Crippen LogP contribution in [0.1, 0.15) is 44.6 Å². The Bertz CT molecular complexity index is 388. The molecule has 104 valence electrons. The molecule has 1 aromatic heterocycles. The second-order valence-corrected chi connectivity index (χ2v) is 5.54. The highest BCUT2D eigenvalue weighted by molar-refractivity contribution is 7.80. The molecule has 1 saturated carbocycles. The Hall–Kier alpha value is -1.16. The first-order valence-electron chi connectivity index (χ1n) is 7.24. The molecule has 0 spiro atoms. The number of thiocarbonyl (C=S) groups is 1. The fourth-order valence-corrected chi connectivity index (χ4v) is 2.91. The number of rotatable bonds is 4. The maximum atomic E-state index is 5.55. The van der Waals surface area contributed by atoms with Gasteiger partial charge in [-0.25, -0.2) is 0 Å². The maximum Gasteiger partial charge on any atom is 0.169 e. The molecule has 0 bridgehead atoms. The summed E-state index contributed by atoms with van der Waals surface area (Å²) in [6, 6.07) is 4.67. The van der Waals surface area contributed by atoms with Crippen molar-refractivity contribution in [3.63, 3.8) is 0 Å². The summed E-state index contributed by atoms with van der Waals surface area (Å²) in [6.45, 7) is 3.94. The summed E-state index contributed by atoms with van der Waals surface area (Å²) in [7, 11) is 0. The molecule has 1 N–H and O–H groups in total. The first-order chi connectivity index (χ1) is 9.29. The largest absolute Gasteiger partial charge is 0.360 e. The predicted octanol–water partition coefficient (Wildman–Crippen LogP) is 3.11. The normalized spacial score (nSPS) is 16.1. The van der Waals surface area contributed by atoms with Gasteiger partial charge in [0, 0.05) is 31.5 Å². The van der Waals surface area contributed by atoms with E-state index in [4.69, 9.17) is 12.2 Å². The zero-order chi connectivity index (χ0) is 13.5. The van der Waals surface area contributed by atoms with E-state index in [0.717, 1.165) is 18.2 Å². The average Bonchev–Trinajstić information content (AvgIpc) is 2.47. The van der Waals surface area contributed by atoms with Crippen molar-refractivity contribution in [3.05, 3.63) is 30.1 Å². The van der Waals surface area contributed by atoms with Gasteiger partial charge in [-0.15, -0.1) is 0 Å². The summed E-state index contributed by atoms with van der Waals surface area (Å²) in [5, 5.41) is 4.43. The van der Waals surface area contributed by atoms with E-state index in [1.807, 2.05) is 24.5 Å². The van der Waals surface area contributed by atoms with Gasteiger partial charge in [-0.1, -0.05) is 19.3 Å². The Morgan fingerprint density at radius 1 is 1.32 bits per heavy atom. The molecule has 0 atom stereocenters. The second kappa shape index (κ2) is 7.43. The molecule has 0 radical (unpaired) electrons. The van der Waals surface area contributed by atoms with Crippen LogP contribution in [0.2, 0.25) is 0 Å². The molecule has 1 aromatic rings. The Morgan fingerprint density at radius 3 is 2.63 bits per heavy atom. The maximum absolute atomic E-state index is 5.55. The van der Waals surface area contributed by atoms with Gasteiger partial charge in [-0.2, -0.15) is 0 Å². The van der Waals surface area contributed by atoms with Gasteiger partial charge in [0.15, 0.2) is 5.11 Å². The van der Waals surface area contributed by atoms with Crippen LogP contribution in [0.25, 0.3) is 0 Å². The third-order valence-corrected chi connectivity index (χ3v) is 4.10. The summed E-state index contributed by atoms with van der Waals surface area (Å²) in [5.74, 6) is 0. The van der Waals surface area contributed by atoms with Crippen LogP contribution in [0, 0.1) is 0 Å². The molecule has 3 nitrogen and oxygen atoms in total. The highest BCUT2D eigenvalue weighted by atomic mass is 32.1. The molecule has 1 heterocycles. The van der Waals surface area contributed by atoms with Gasteiger partial charge in [0.25, 0.3) is 0 Å². The van der Waals surface area contributed by atoms with Crippen molar-refractivity contribution in [2.24, 2.45) is 0 Å². The van der Waals surface area contributed by atoms with Crippen LogP contribution in [-0.4, -0.2) is 27.6 Å². The lowest BCUT2D eigenvalue weighted by atomic mass is 9.96. The molecule has 0 saturated heterocycles. The van der Waals surface area contributed by atoms with E-state index in [0.29, 0.717) is 6.04 Å². The van der Waals surface area contributed by atoms with Gasteiger partial charge in [0.2, 0.25) is 0 Å². The predicted molar refractivity (Wildman–Crippen MR) is 82.9 cm³/mol. The standard InChI is InChI=1S/C15H23N3S/c1-2-18(12-13-8-10-16-11-9-13)15(19)17-14-6-4-3-5-7-14/h8-11,14H,2-7,12H2,1H3,(H,17,19). The number of hydrogen-bond acceptors (Lipinski definition) is 2. The van der Waals surface area contributed by atoms with Gasteiger partial charge < -0.3 is 10.2 Å². The molecular weight excluding hydrogens is 254 g/mol. The van der Waals surface area contributed by atoms with Crippen molar-refractivity contribution >= 4 is 17.3 Å².